The van der Waals surface area contributed by atoms with Crippen molar-refractivity contribution in [2.75, 3.05) is 25.1 Å². The molecule has 2 heterocycles. The van der Waals surface area contributed by atoms with Crippen LogP contribution in [0, 0.1) is 11.6 Å². The normalized spacial score (nSPS) is 12.5. The lowest BCUT2D eigenvalue weighted by atomic mass is 10.1. The van der Waals surface area contributed by atoms with Crippen LogP contribution in [0.4, 0.5) is 27.8 Å². The maximum atomic E-state index is 13.8. The molecular weight excluding hydrogens is 551 g/mol. The maximum absolute atomic E-state index is 13.8. The van der Waals surface area contributed by atoms with E-state index in [0.717, 1.165) is 28.3 Å². The summed E-state index contributed by atoms with van der Waals surface area (Å²) in [5.41, 5.74) is 0.817. The summed E-state index contributed by atoms with van der Waals surface area (Å²) in [6.45, 7) is 3.33. The number of halogens is 5. The van der Waals surface area contributed by atoms with Crippen molar-refractivity contribution in [2.24, 2.45) is 0 Å². The topological polar surface area (TPSA) is 106 Å². The number of aromatic nitrogens is 2. The Balaban J connectivity index is 1.22. The van der Waals surface area contributed by atoms with Crippen LogP contribution in [-0.2, 0) is 11.3 Å². The molecule has 0 amide bonds. The summed E-state index contributed by atoms with van der Waals surface area (Å²) in [4.78, 5) is 20.2. The number of hydrogen-bond donors (Lipinski definition) is 3. The zero-order valence-electron chi connectivity index (χ0n) is 21.9. The number of benzene rings is 2. The number of anilines is 1. The molecule has 0 aliphatic carbocycles. The molecule has 1 unspecified atom stereocenters. The number of rotatable bonds is 13. The highest BCUT2D eigenvalue weighted by atomic mass is 19.4. The van der Waals surface area contributed by atoms with Crippen molar-refractivity contribution in [1.82, 2.24) is 15.3 Å². The number of aromatic carboxylic acids is 1. The lowest BCUT2D eigenvalue weighted by molar-refractivity contribution is -0.276. The minimum Gasteiger partial charge on any atom is -0.478 e. The number of nitrogens with zero attached hydrogens (tertiary/aromatic N) is 2. The van der Waals surface area contributed by atoms with Gasteiger partial charge in [0.05, 0.1) is 17.7 Å². The molecule has 1 atom stereocenters. The van der Waals surface area contributed by atoms with Crippen LogP contribution in [0.1, 0.15) is 35.7 Å². The SMILES string of the molecule is CC(COCCCCNCc1cc(F)c(OC(F)(F)F)c(F)c1)Nc1nc2cc(C(=O)O)ccc2c2cnccc12. The van der Waals surface area contributed by atoms with Crippen LogP contribution < -0.4 is 15.4 Å². The average Bonchev–Trinajstić information content (AvgIpc) is 2.91. The van der Waals surface area contributed by atoms with Gasteiger partial charge in [-0.25, -0.2) is 18.6 Å². The number of pyridine rings is 2. The number of carboxylic acid groups (broad SMARTS) is 1. The Hall–Kier alpha value is -4.10. The Labute approximate surface area is 231 Å². The van der Waals surface area contributed by atoms with E-state index >= 15 is 0 Å². The second-order valence-corrected chi connectivity index (χ2v) is 9.36. The first-order valence-electron chi connectivity index (χ1n) is 12.7. The number of carboxylic acids is 1. The summed E-state index contributed by atoms with van der Waals surface area (Å²) in [7, 11) is 0. The van der Waals surface area contributed by atoms with E-state index in [1.165, 1.54) is 12.1 Å². The van der Waals surface area contributed by atoms with Gasteiger partial charge in [-0.05, 0) is 62.2 Å². The second kappa shape index (κ2) is 13.0. The predicted molar refractivity (Wildman–Crippen MR) is 142 cm³/mol. The van der Waals surface area contributed by atoms with Gasteiger partial charge in [-0.15, -0.1) is 13.2 Å². The van der Waals surface area contributed by atoms with Crippen molar-refractivity contribution in [2.45, 2.75) is 38.7 Å². The number of alkyl halides is 3. The molecule has 4 aromatic rings. The Bertz CT molecular complexity index is 1510. The summed E-state index contributed by atoms with van der Waals surface area (Å²) in [5.74, 6) is -4.78. The van der Waals surface area contributed by atoms with Crippen molar-refractivity contribution >= 4 is 33.5 Å². The summed E-state index contributed by atoms with van der Waals surface area (Å²) in [5, 5.41) is 18.1. The number of ether oxygens (including phenoxy) is 2. The first kappa shape index (κ1) is 29.9. The Morgan fingerprint density at radius 3 is 2.51 bits per heavy atom. The van der Waals surface area contributed by atoms with Gasteiger partial charge in [0.1, 0.15) is 5.82 Å². The van der Waals surface area contributed by atoms with Crippen molar-refractivity contribution in [3.63, 3.8) is 0 Å². The Morgan fingerprint density at radius 2 is 1.80 bits per heavy atom. The molecule has 2 aromatic heterocycles. The van der Waals surface area contributed by atoms with Crippen LogP contribution in [0.2, 0.25) is 0 Å². The van der Waals surface area contributed by atoms with E-state index in [1.807, 2.05) is 13.0 Å². The van der Waals surface area contributed by atoms with Crippen molar-refractivity contribution in [3.05, 3.63) is 71.6 Å². The molecule has 4 rings (SSSR count). The van der Waals surface area contributed by atoms with Crippen molar-refractivity contribution < 1.29 is 41.3 Å². The molecule has 218 valence electrons. The molecule has 0 aliphatic rings. The molecule has 2 aromatic carbocycles. The van der Waals surface area contributed by atoms with E-state index in [9.17, 15) is 31.9 Å². The number of unbranched alkanes of at least 4 members (excludes halogenated alkanes) is 1. The van der Waals surface area contributed by atoms with Crippen molar-refractivity contribution in [1.29, 1.82) is 0 Å². The fraction of sp³-hybridized carbons (Fsp3) is 0.321. The molecule has 0 radical (unpaired) electrons. The lowest BCUT2D eigenvalue weighted by Crippen LogP contribution is -2.23. The van der Waals surface area contributed by atoms with Crippen LogP contribution >= 0.6 is 0 Å². The van der Waals surface area contributed by atoms with E-state index in [-0.39, 0.29) is 23.7 Å². The zero-order valence-corrected chi connectivity index (χ0v) is 21.9. The molecule has 13 heteroatoms. The van der Waals surface area contributed by atoms with Crippen LogP contribution in [-0.4, -0.2) is 53.2 Å². The van der Waals surface area contributed by atoms with E-state index in [2.05, 4.69) is 25.3 Å². The monoisotopic (exact) mass is 578 g/mol. The number of nitrogens with one attached hydrogen (secondary N) is 2. The fourth-order valence-electron chi connectivity index (χ4n) is 4.24. The largest absolute Gasteiger partial charge is 0.573 e. The highest BCUT2D eigenvalue weighted by Crippen LogP contribution is 2.30. The van der Waals surface area contributed by atoms with Gasteiger partial charge in [-0.2, -0.15) is 0 Å². The first-order valence-corrected chi connectivity index (χ1v) is 12.7. The Morgan fingerprint density at radius 1 is 1.05 bits per heavy atom. The first-order chi connectivity index (χ1) is 19.5. The molecule has 41 heavy (non-hydrogen) atoms. The smallest absolute Gasteiger partial charge is 0.478 e. The molecule has 0 spiro atoms. The number of fused-ring (bicyclic) bond motifs is 3. The van der Waals surface area contributed by atoms with Crippen LogP contribution in [0.25, 0.3) is 21.7 Å². The maximum Gasteiger partial charge on any atom is 0.573 e. The van der Waals surface area contributed by atoms with Gasteiger partial charge in [0, 0.05) is 47.7 Å². The molecule has 0 fully saturated rings. The fourth-order valence-corrected chi connectivity index (χ4v) is 4.24. The third kappa shape index (κ3) is 7.98. The minimum atomic E-state index is -5.19. The van der Waals surface area contributed by atoms with Gasteiger partial charge in [0.25, 0.3) is 0 Å². The van der Waals surface area contributed by atoms with Crippen LogP contribution in [0.5, 0.6) is 5.75 Å². The molecule has 0 saturated heterocycles. The highest BCUT2D eigenvalue weighted by Gasteiger charge is 2.34. The van der Waals surface area contributed by atoms with E-state index in [1.54, 1.807) is 18.5 Å². The molecule has 0 aliphatic heterocycles. The number of hydrogen-bond acceptors (Lipinski definition) is 7. The van der Waals surface area contributed by atoms with Gasteiger partial charge in [-0.1, -0.05) is 6.07 Å². The van der Waals surface area contributed by atoms with Crippen molar-refractivity contribution in [3.8, 4) is 5.75 Å². The minimum absolute atomic E-state index is 0.0676. The van der Waals surface area contributed by atoms with E-state index < -0.39 is 29.7 Å². The predicted octanol–water partition coefficient (Wildman–Crippen LogP) is 6.05. The molecule has 3 N–H and O–H groups in total. The summed E-state index contributed by atoms with van der Waals surface area (Å²) in [6.07, 6.45) is -0.430. The molecule has 0 saturated carbocycles. The van der Waals surface area contributed by atoms with E-state index in [0.29, 0.717) is 43.9 Å². The van der Waals surface area contributed by atoms with Crippen LogP contribution in [0.15, 0.2) is 48.8 Å². The van der Waals surface area contributed by atoms with Gasteiger partial charge in [0.2, 0.25) is 5.75 Å². The van der Waals surface area contributed by atoms with E-state index in [4.69, 9.17) is 4.74 Å². The standard InChI is InChI=1S/C28H27F5N4O4/c1-16(36-26-20-6-8-35-14-21(20)19-5-4-18(27(38)39)12-24(19)37-26)15-40-9-3-2-7-34-13-17-10-22(29)25(23(30)11-17)41-28(31,32)33/h4-6,8,10-12,14,16,34H,2-3,7,9,13,15H2,1H3,(H,36,37)(H,38,39). The molecular formula is C28H27F5N4O4. The highest BCUT2D eigenvalue weighted by molar-refractivity contribution is 6.10. The van der Waals surface area contributed by atoms with Gasteiger partial charge < -0.3 is 25.2 Å². The second-order valence-electron chi connectivity index (χ2n) is 9.36. The summed E-state index contributed by atoms with van der Waals surface area (Å²) < 4.78 is 73.5. The number of carbonyl (C=O) groups is 1. The van der Waals surface area contributed by atoms with Gasteiger partial charge >= 0.3 is 12.3 Å². The molecule has 0 bridgehead atoms. The van der Waals surface area contributed by atoms with Gasteiger partial charge in [-0.3, -0.25) is 4.98 Å². The van der Waals surface area contributed by atoms with Gasteiger partial charge in [0.15, 0.2) is 11.6 Å². The third-order valence-corrected chi connectivity index (χ3v) is 6.09. The third-order valence-electron chi connectivity index (χ3n) is 6.09. The summed E-state index contributed by atoms with van der Waals surface area (Å²) in [6, 6.07) is 8.09. The molecule has 8 nitrogen and oxygen atoms in total. The summed E-state index contributed by atoms with van der Waals surface area (Å²) >= 11 is 0. The Kier molecular flexibility index (Phi) is 9.50. The van der Waals surface area contributed by atoms with Crippen LogP contribution in [0.3, 0.4) is 0 Å². The average molecular weight is 579 g/mol. The lowest BCUT2D eigenvalue weighted by Gasteiger charge is -2.17. The zero-order chi connectivity index (χ0) is 29.6. The quantitative estimate of drug-likeness (QED) is 0.100.